The van der Waals surface area contributed by atoms with Crippen molar-refractivity contribution >= 4 is 47.0 Å². The van der Waals surface area contributed by atoms with Crippen molar-refractivity contribution in [3.63, 3.8) is 0 Å². The number of H-pyrrole nitrogens is 1. The molecular formula is C20H17Cl2N3O3S. The first-order valence-electron chi connectivity index (χ1n) is 8.65. The number of thioether (sulfide) groups is 1. The molecule has 3 rings (SSSR count). The van der Waals surface area contributed by atoms with Gasteiger partial charge in [-0.15, -0.1) is 5.10 Å². The lowest BCUT2D eigenvalue weighted by Gasteiger charge is -2.08. The predicted octanol–water partition coefficient (Wildman–Crippen LogP) is 5.47. The van der Waals surface area contributed by atoms with Crippen molar-refractivity contribution in [1.82, 2.24) is 15.2 Å². The van der Waals surface area contributed by atoms with E-state index < -0.39 is 5.97 Å². The van der Waals surface area contributed by atoms with Gasteiger partial charge in [0.2, 0.25) is 5.16 Å². The molecule has 0 amide bonds. The van der Waals surface area contributed by atoms with Crippen LogP contribution in [-0.4, -0.2) is 26.3 Å². The van der Waals surface area contributed by atoms with E-state index in [0.717, 1.165) is 17.3 Å². The summed E-state index contributed by atoms with van der Waals surface area (Å²) in [4.78, 5) is 16.0. The molecule has 0 saturated carbocycles. The Morgan fingerprint density at radius 3 is 2.76 bits per heavy atom. The van der Waals surface area contributed by atoms with Crippen LogP contribution >= 0.6 is 35.0 Å². The number of aromatic amines is 1. The van der Waals surface area contributed by atoms with Crippen LogP contribution in [0.3, 0.4) is 0 Å². The summed E-state index contributed by atoms with van der Waals surface area (Å²) < 4.78 is 5.79. The van der Waals surface area contributed by atoms with Gasteiger partial charge in [-0.25, -0.2) is 9.78 Å². The second kappa shape index (κ2) is 9.82. The monoisotopic (exact) mass is 449 g/mol. The number of carboxylic acid groups (broad SMARTS) is 1. The maximum atomic E-state index is 11.6. The van der Waals surface area contributed by atoms with Gasteiger partial charge in [-0.05, 0) is 53.2 Å². The molecule has 0 atom stereocenters. The number of hydrogen-bond acceptors (Lipinski definition) is 5. The van der Waals surface area contributed by atoms with E-state index >= 15 is 0 Å². The number of hydrogen-bond donors (Lipinski definition) is 2. The standard InChI is InChI=1S/C20H17Cl2N3O3S/c1-2-18-23-20(25-24-18)29-17(19(26)27)10-12-4-3-5-14(8-12)28-11-13-6-7-15(21)16(22)9-13/h3-10H,2,11H2,1H3,(H,26,27)(H,23,24,25)/b17-10-. The average molecular weight is 450 g/mol. The second-order valence-corrected chi connectivity index (χ2v) is 7.77. The maximum absolute atomic E-state index is 11.6. The topological polar surface area (TPSA) is 88.1 Å². The molecule has 0 radical (unpaired) electrons. The van der Waals surface area contributed by atoms with Gasteiger partial charge in [0.15, 0.2) is 0 Å². The molecule has 2 N–H and O–H groups in total. The van der Waals surface area contributed by atoms with Gasteiger partial charge in [0, 0.05) is 6.42 Å². The summed E-state index contributed by atoms with van der Waals surface area (Å²) in [7, 11) is 0. The Labute approximate surface area is 181 Å². The van der Waals surface area contributed by atoms with Crippen LogP contribution in [0.15, 0.2) is 52.5 Å². The van der Waals surface area contributed by atoms with Gasteiger partial charge in [0.25, 0.3) is 0 Å². The van der Waals surface area contributed by atoms with Gasteiger partial charge >= 0.3 is 5.97 Å². The molecule has 6 nitrogen and oxygen atoms in total. The van der Waals surface area contributed by atoms with Gasteiger partial charge in [0.05, 0.1) is 10.0 Å². The van der Waals surface area contributed by atoms with Crippen LogP contribution in [0.5, 0.6) is 5.75 Å². The first-order chi connectivity index (χ1) is 13.9. The average Bonchev–Trinajstić information content (AvgIpc) is 3.16. The van der Waals surface area contributed by atoms with Crippen molar-refractivity contribution in [2.75, 3.05) is 0 Å². The molecule has 0 bridgehead atoms. The summed E-state index contributed by atoms with van der Waals surface area (Å²) in [6.45, 7) is 2.24. The van der Waals surface area contributed by atoms with E-state index in [1.54, 1.807) is 42.5 Å². The number of rotatable bonds is 8. The molecule has 29 heavy (non-hydrogen) atoms. The molecule has 150 valence electrons. The Morgan fingerprint density at radius 2 is 2.07 bits per heavy atom. The van der Waals surface area contributed by atoms with Crippen LogP contribution in [-0.2, 0) is 17.8 Å². The van der Waals surface area contributed by atoms with Crippen LogP contribution < -0.4 is 4.74 Å². The van der Waals surface area contributed by atoms with Crippen LogP contribution in [0, 0.1) is 0 Å². The molecule has 1 aromatic heterocycles. The molecule has 0 aliphatic rings. The van der Waals surface area contributed by atoms with Gasteiger partial charge in [0.1, 0.15) is 23.1 Å². The highest BCUT2D eigenvalue weighted by molar-refractivity contribution is 8.04. The number of benzene rings is 2. The number of carboxylic acids is 1. The first-order valence-corrected chi connectivity index (χ1v) is 10.2. The molecule has 2 aromatic carbocycles. The molecule has 0 saturated heterocycles. The fraction of sp³-hybridized carbons (Fsp3) is 0.150. The van der Waals surface area contributed by atoms with Crippen LogP contribution in [0.1, 0.15) is 23.9 Å². The third-order valence-electron chi connectivity index (χ3n) is 3.80. The molecule has 0 aliphatic heterocycles. The molecular weight excluding hydrogens is 433 g/mol. The van der Waals surface area contributed by atoms with E-state index in [-0.39, 0.29) is 4.91 Å². The molecule has 9 heteroatoms. The second-order valence-electron chi connectivity index (χ2n) is 5.94. The number of aliphatic carboxylic acids is 1. The Bertz CT molecular complexity index is 1050. The first kappa shape index (κ1) is 21.2. The fourth-order valence-electron chi connectivity index (χ4n) is 2.36. The Hall–Kier alpha value is -2.48. The largest absolute Gasteiger partial charge is 0.489 e. The number of halogens is 2. The minimum atomic E-state index is -1.06. The Morgan fingerprint density at radius 1 is 1.24 bits per heavy atom. The Balaban J connectivity index is 1.73. The molecule has 1 heterocycles. The minimum absolute atomic E-state index is 0.105. The zero-order valence-corrected chi connectivity index (χ0v) is 17.7. The van der Waals surface area contributed by atoms with Crippen LogP contribution in [0.4, 0.5) is 0 Å². The van der Waals surface area contributed by atoms with Gasteiger partial charge in [-0.3, -0.25) is 5.10 Å². The van der Waals surface area contributed by atoms with Crippen molar-refractivity contribution < 1.29 is 14.6 Å². The molecule has 3 aromatic rings. The molecule has 0 unspecified atom stereocenters. The number of aromatic nitrogens is 3. The summed E-state index contributed by atoms with van der Waals surface area (Å²) in [5, 5.41) is 17.6. The summed E-state index contributed by atoms with van der Waals surface area (Å²) in [6, 6.07) is 12.4. The maximum Gasteiger partial charge on any atom is 0.342 e. The summed E-state index contributed by atoms with van der Waals surface area (Å²) in [6.07, 6.45) is 2.25. The number of nitrogens with one attached hydrogen (secondary N) is 1. The number of aryl methyl sites for hydroxylation is 1. The highest BCUT2D eigenvalue weighted by Crippen LogP contribution is 2.27. The minimum Gasteiger partial charge on any atom is -0.489 e. The van der Waals surface area contributed by atoms with Crippen molar-refractivity contribution in [3.05, 3.63) is 74.4 Å². The lowest BCUT2D eigenvalue weighted by Crippen LogP contribution is -1.98. The normalized spacial score (nSPS) is 11.5. The van der Waals surface area contributed by atoms with E-state index in [1.165, 1.54) is 0 Å². The van der Waals surface area contributed by atoms with E-state index in [1.807, 2.05) is 13.0 Å². The summed E-state index contributed by atoms with van der Waals surface area (Å²) in [5.74, 6) is 0.251. The smallest absolute Gasteiger partial charge is 0.342 e. The third-order valence-corrected chi connectivity index (χ3v) is 5.42. The van der Waals surface area contributed by atoms with Crippen LogP contribution in [0.25, 0.3) is 6.08 Å². The van der Waals surface area contributed by atoms with Crippen molar-refractivity contribution in [1.29, 1.82) is 0 Å². The van der Waals surface area contributed by atoms with E-state index in [4.69, 9.17) is 27.9 Å². The number of ether oxygens (including phenoxy) is 1. The fourth-order valence-corrected chi connectivity index (χ4v) is 3.40. The van der Waals surface area contributed by atoms with Crippen LogP contribution in [0.2, 0.25) is 10.0 Å². The summed E-state index contributed by atoms with van der Waals surface area (Å²) >= 11 is 12.9. The van der Waals surface area contributed by atoms with E-state index in [0.29, 0.717) is 45.4 Å². The van der Waals surface area contributed by atoms with E-state index in [2.05, 4.69) is 15.2 Å². The molecule has 0 spiro atoms. The van der Waals surface area contributed by atoms with Gasteiger partial charge in [-0.1, -0.05) is 48.3 Å². The third kappa shape index (κ3) is 6.00. The lowest BCUT2D eigenvalue weighted by atomic mass is 10.2. The molecule has 0 fully saturated rings. The number of nitrogens with zero attached hydrogens (tertiary/aromatic N) is 2. The number of carbonyl (C=O) groups is 1. The quantitative estimate of drug-likeness (QED) is 0.350. The van der Waals surface area contributed by atoms with Crippen molar-refractivity contribution in [3.8, 4) is 5.75 Å². The predicted molar refractivity (Wildman–Crippen MR) is 114 cm³/mol. The lowest BCUT2D eigenvalue weighted by molar-refractivity contribution is -0.131. The Kier molecular flexibility index (Phi) is 7.19. The summed E-state index contributed by atoms with van der Waals surface area (Å²) in [5.41, 5.74) is 1.56. The van der Waals surface area contributed by atoms with Crippen molar-refractivity contribution in [2.45, 2.75) is 25.1 Å². The highest BCUT2D eigenvalue weighted by atomic mass is 35.5. The zero-order valence-electron chi connectivity index (χ0n) is 15.4. The highest BCUT2D eigenvalue weighted by Gasteiger charge is 2.13. The molecule has 0 aliphatic carbocycles. The van der Waals surface area contributed by atoms with E-state index in [9.17, 15) is 9.90 Å². The zero-order chi connectivity index (χ0) is 20.8. The van der Waals surface area contributed by atoms with Gasteiger partial charge < -0.3 is 9.84 Å². The van der Waals surface area contributed by atoms with Gasteiger partial charge in [-0.2, -0.15) is 0 Å². The van der Waals surface area contributed by atoms with Crippen molar-refractivity contribution in [2.24, 2.45) is 0 Å². The SMILES string of the molecule is CCc1nc(S/C(=C\c2cccc(OCc3ccc(Cl)c(Cl)c3)c2)C(=O)O)n[nH]1.